The second-order valence-electron chi connectivity index (χ2n) is 0. The minimum atomic E-state index is 0. The second kappa shape index (κ2) is 95.3. The zero-order chi connectivity index (χ0) is 0. The molecule has 46 valence electrons. The molecule has 0 N–H and O–H groups in total. The van der Waals surface area contributed by atoms with Crippen molar-refractivity contribution >= 4 is 0 Å². The first-order valence-corrected chi connectivity index (χ1v) is 0. The van der Waals surface area contributed by atoms with Crippen LogP contribution in [-0.4, -0.2) is 0 Å². The largest absolute Gasteiger partial charge is 3.00 e. The Morgan fingerprint density at radius 2 is 0.333 bits per heavy atom. The zero-order valence-corrected chi connectivity index (χ0v) is 18.4. The maximum Gasteiger partial charge on any atom is 3.00 e. The molecule has 5 nitrogen and oxygen atoms in total. The van der Waals surface area contributed by atoms with Gasteiger partial charge in [-0.2, -0.15) is 0 Å². The van der Waals surface area contributed by atoms with E-state index in [4.69, 9.17) is 0 Å². The molecule has 9 heavy (non-hydrogen) atoms. The summed E-state index contributed by atoms with van der Waals surface area (Å²) < 4.78 is 0. The second-order valence-corrected chi connectivity index (χ2v) is 0. The molecule has 0 atom stereocenters. The van der Waals surface area contributed by atoms with Gasteiger partial charge in [0.05, 0.1) is 0 Å². The van der Waals surface area contributed by atoms with E-state index in [1.165, 1.54) is 0 Å². The predicted octanol–water partition coefficient (Wildman–Crippen LogP) is -0.599. The van der Waals surface area contributed by atoms with Crippen LogP contribution in [0.4, 0.5) is 0 Å². The first-order valence-electron chi connectivity index (χ1n) is 0. The molecule has 0 unspecified atom stereocenters. The van der Waals surface area contributed by atoms with Crippen LogP contribution in [0.1, 0.15) is 0 Å². The molecule has 0 aliphatic rings. The van der Waals surface area contributed by atoms with Crippen molar-refractivity contribution in [3.8, 4) is 0 Å². The van der Waals surface area contributed by atoms with E-state index >= 15 is 0 Å². The Bertz CT molecular complexity index is 12.9. The van der Waals surface area contributed by atoms with Crippen LogP contribution < -0.4 is 0 Å². The summed E-state index contributed by atoms with van der Waals surface area (Å²) in [6.07, 6.45) is 0. The molecule has 0 aromatic carbocycles. The zero-order valence-electron chi connectivity index (χ0n) is 4.27. The van der Waals surface area contributed by atoms with E-state index < -0.39 is 0 Å². The minimum Gasteiger partial charge on any atom is -2.00 e. The first kappa shape index (κ1) is 123. The molecule has 0 fully saturated rings. The summed E-state index contributed by atoms with van der Waals surface area (Å²) >= 11 is 0. The van der Waals surface area contributed by atoms with E-state index in [1.54, 1.807) is 0 Å². The van der Waals surface area contributed by atoms with E-state index in [2.05, 4.69) is 0 Å². The Morgan fingerprint density at radius 1 is 0.333 bits per heavy atom. The minimum absolute atomic E-state index is 0. The Morgan fingerprint density at radius 3 is 0.333 bits per heavy atom. The van der Waals surface area contributed by atoms with Crippen LogP contribution in [0.15, 0.2) is 0 Å². The van der Waals surface area contributed by atoms with Gasteiger partial charge in [-0.05, 0) is 0 Å². The van der Waals surface area contributed by atoms with Crippen molar-refractivity contribution in [3.63, 3.8) is 0 Å². The molecule has 0 saturated carbocycles. The van der Waals surface area contributed by atoms with E-state index in [0.717, 1.165) is 0 Å². The maximum absolute atomic E-state index is 0. The van der Waals surface area contributed by atoms with Crippen LogP contribution >= 0.6 is 0 Å². The fourth-order valence-corrected chi connectivity index (χ4v) is 0. The Balaban J connectivity index is 0. The summed E-state index contributed by atoms with van der Waals surface area (Å²) in [6, 6.07) is 0. The third-order valence-electron chi connectivity index (χ3n) is 0. The van der Waals surface area contributed by atoms with Crippen molar-refractivity contribution in [1.29, 1.82) is 0 Å². The molecule has 0 aliphatic carbocycles. The quantitative estimate of drug-likeness (QED) is 0.335. The third kappa shape index (κ3) is 78.5. The summed E-state index contributed by atoms with van der Waals surface area (Å²) in [6.45, 7) is 0. The maximum atomic E-state index is 0. The van der Waals surface area contributed by atoms with Gasteiger partial charge in [0.1, 0.15) is 0 Å². The first-order chi connectivity index (χ1) is 0. The molecular weight excluding hydrogens is 636 g/mol. The Labute approximate surface area is 148 Å². The van der Waals surface area contributed by atoms with Crippen LogP contribution in [0.2, 0.25) is 0 Å². The SMILES string of the molecule is [Cr+3].[Cr+3].[O-2].[O-2].[O-2].[O-2].[O-2].[Ra+2].[Ra+2]. The fourth-order valence-electron chi connectivity index (χ4n) is 0. The molecule has 9 heteroatoms. The van der Waals surface area contributed by atoms with Gasteiger partial charge in [-0.15, -0.1) is 0 Å². The van der Waals surface area contributed by atoms with Crippen LogP contribution in [-0.2, 0) is 62.1 Å². The van der Waals surface area contributed by atoms with Gasteiger partial charge in [0.2, 0.25) is 0 Å². The fraction of sp³-hybridized carbons (Fsp3) is 0. The molecule has 0 aromatic heterocycles. The van der Waals surface area contributed by atoms with Gasteiger partial charge in [-0.3, -0.25) is 0 Å². The van der Waals surface area contributed by atoms with E-state index in [-0.39, 0.29) is 152 Å². The van der Waals surface area contributed by atoms with E-state index in [1.807, 2.05) is 0 Å². The summed E-state index contributed by atoms with van der Waals surface area (Å²) in [5, 5.41) is 0. The summed E-state index contributed by atoms with van der Waals surface area (Å²) in [7, 11) is 0. The van der Waals surface area contributed by atoms with Crippen LogP contribution in [0.3, 0.4) is 0 Å². The van der Waals surface area contributed by atoms with Crippen molar-refractivity contribution in [1.82, 2.24) is 0 Å². The smallest absolute Gasteiger partial charge is 2.00 e. The van der Waals surface area contributed by atoms with Gasteiger partial charge >= 0.3 is 125 Å². The molecule has 0 spiro atoms. The molecule has 0 heterocycles. The predicted molar refractivity (Wildman–Crippen MR) is 3.43 cm³/mol. The molecule has 0 saturated heterocycles. The third-order valence-corrected chi connectivity index (χ3v) is 0. The van der Waals surface area contributed by atoms with Crippen molar-refractivity contribution in [2.45, 2.75) is 0 Å². The molecule has 0 aliphatic heterocycles. The van der Waals surface area contributed by atoms with Gasteiger partial charge in [0.15, 0.2) is 0 Å². The van der Waals surface area contributed by atoms with Crippen molar-refractivity contribution in [2.75, 3.05) is 0 Å². The average Bonchev–Trinajstić information content (AvgIpc) is 0. The molecule has 0 amide bonds. The van der Waals surface area contributed by atoms with Gasteiger partial charge in [0.25, 0.3) is 0 Å². The summed E-state index contributed by atoms with van der Waals surface area (Å²) in [5.74, 6) is 0. The topological polar surface area (TPSA) is 142 Å². The number of hydrogen-bond donors (Lipinski definition) is 0. The number of rotatable bonds is 0. The number of hydrogen-bond acceptors (Lipinski definition) is 0. The molecular formula is Cr2O5Ra2. The summed E-state index contributed by atoms with van der Waals surface area (Å²) in [4.78, 5) is 0. The Kier molecular flexibility index (Phi) is 1310. The summed E-state index contributed by atoms with van der Waals surface area (Å²) in [5.41, 5.74) is 0. The van der Waals surface area contributed by atoms with Crippen molar-refractivity contribution < 1.29 is 152 Å². The van der Waals surface area contributed by atoms with Crippen molar-refractivity contribution in [3.05, 3.63) is 0 Å². The van der Waals surface area contributed by atoms with Crippen LogP contribution in [0.5, 0.6) is 0 Å². The van der Waals surface area contributed by atoms with Gasteiger partial charge in [-0.1, -0.05) is 0 Å². The van der Waals surface area contributed by atoms with Crippen molar-refractivity contribution in [2.24, 2.45) is 0 Å². The normalized spacial score (nSPS) is 0. The standard InChI is InChI=1S/2Cr.5O.2Ra/q2*+3;5*-2;2*+2. The molecule has 0 rings (SSSR count). The monoisotopic (exact) mass is 636 g/mol. The van der Waals surface area contributed by atoms with E-state index in [0.29, 0.717) is 0 Å². The molecule has 2 radical (unpaired) electrons. The van der Waals surface area contributed by atoms with E-state index in [9.17, 15) is 0 Å². The van der Waals surface area contributed by atoms with Gasteiger partial charge in [-0.25, -0.2) is 0 Å². The molecule has 0 bridgehead atoms. The van der Waals surface area contributed by atoms with Crippen LogP contribution in [0, 0.1) is 90.0 Å². The molecule has 0 aromatic rings. The van der Waals surface area contributed by atoms with Gasteiger partial charge < -0.3 is 27.4 Å². The average molecular weight is 636 g/mol. The van der Waals surface area contributed by atoms with Gasteiger partial charge in [0, 0.05) is 0 Å². The Hall–Kier alpha value is 3.80. The van der Waals surface area contributed by atoms with Crippen LogP contribution in [0.25, 0.3) is 0 Å².